The molecule has 3 aromatic rings. The average molecular weight is 566 g/mol. The van der Waals surface area contributed by atoms with Gasteiger partial charge in [-0.15, -0.1) is 0 Å². The summed E-state index contributed by atoms with van der Waals surface area (Å²) in [5, 5.41) is 12.9. The summed E-state index contributed by atoms with van der Waals surface area (Å²) in [5.74, 6) is 5.85. The number of halogens is 4. The van der Waals surface area contributed by atoms with E-state index in [1.807, 2.05) is 11.9 Å². The fraction of sp³-hybridized carbons (Fsp3) is 0.400. The second kappa shape index (κ2) is 12.0. The zero-order valence-corrected chi connectivity index (χ0v) is 22.2. The van der Waals surface area contributed by atoms with Crippen LogP contribution >= 0.6 is 11.8 Å². The zero-order valence-electron chi connectivity index (χ0n) is 21.4. The Hall–Kier alpha value is -3.70. The highest BCUT2D eigenvalue weighted by atomic mass is 32.2. The summed E-state index contributed by atoms with van der Waals surface area (Å²) in [6, 6.07) is 5.72. The lowest BCUT2D eigenvalue weighted by Crippen LogP contribution is -2.46. The number of nitrogens with zero attached hydrogens (tertiary/aromatic N) is 4. The predicted octanol–water partition coefficient (Wildman–Crippen LogP) is 3.63. The van der Waals surface area contributed by atoms with E-state index in [2.05, 4.69) is 37.9 Å². The van der Waals surface area contributed by atoms with E-state index < -0.39 is 17.7 Å². The van der Waals surface area contributed by atoms with Gasteiger partial charge in [0, 0.05) is 26.2 Å². The van der Waals surface area contributed by atoms with Gasteiger partial charge in [0.1, 0.15) is 29.1 Å². The number of nitrogens with one attached hydrogen (secondary N) is 3. The molecule has 0 bridgehead atoms. The summed E-state index contributed by atoms with van der Waals surface area (Å²) < 4.78 is 61.6. The van der Waals surface area contributed by atoms with Gasteiger partial charge in [0.2, 0.25) is 0 Å². The van der Waals surface area contributed by atoms with Crippen LogP contribution in [-0.2, 0) is 0 Å². The fourth-order valence-corrected chi connectivity index (χ4v) is 4.80. The zero-order chi connectivity index (χ0) is 28.2. The van der Waals surface area contributed by atoms with Gasteiger partial charge in [-0.3, -0.25) is 4.79 Å². The molecule has 0 unspecified atom stereocenters. The van der Waals surface area contributed by atoms with E-state index in [0.717, 1.165) is 0 Å². The number of ether oxygens (including phenoxy) is 1. The van der Waals surface area contributed by atoms with E-state index in [0.29, 0.717) is 30.2 Å². The number of thioether (sulfide) groups is 1. The lowest BCUT2D eigenvalue weighted by atomic mass is 10.0. The monoisotopic (exact) mass is 565 g/mol. The van der Waals surface area contributed by atoms with E-state index in [1.165, 1.54) is 37.0 Å². The van der Waals surface area contributed by atoms with Gasteiger partial charge in [-0.25, -0.2) is 13.9 Å². The molecule has 4 heterocycles. The van der Waals surface area contributed by atoms with Gasteiger partial charge in [-0.1, -0.05) is 12.0 Å². The Kier molecular flexibility index (Phi) is 8.71. The minimum Gasteiger partial charge on any atom is -0.494 e. The van der Waals surface area contributed by atoms with Crippen LogP contribution in [0.4, 0.5) is 29.1 Å². The number of piperidine rings is 1. The molecule has 14 heteroatoms. The number of fused-ring (bicyclic) bond motifs is 1. The molecule has 39 heavy (non-hydrogen) atoms. The number of amides is 1. The summed E-state index contributed by atoms with van der Waals surface area (Å²) in [4.78, 5) is 17.6. The first-order valence-electron chi connectivity index (χ1n) is 11.9. The second-order valence-electron chi connectivity index (χ2n) is 8.76. The summed E-state index contributed by atoms with van der Waals surface area (Å²) in [7, 11) is 4.75. The van der Waals surface area contributed by atoms with Crippen molar-refractivity contribution in [3.8, 4) is 17.6 Å². The molecule has 4 rings (SSSR count). The number of aromatic nitrogens is 3. The molecule has 0 radical (unpaired) electrons. The smallest absolute Gasteiger partial charge is 0.446 e. The quantitative estimate of drug-likeness (QED) is 0.227. The Morgan fingerprint density at radius 1 is 1.33 bits per heavy atom. The van der Waals surface area contributed by atoms with Crippen LogP contribution in [0, 0.1) is 11.8 Å². The number of alkyl halides is 4. The van der Waals surface area contributed by atoms with E-state index >= 15 is 0 Å². The Balaban J connectivity index is 1.59. The lowest BCUT2D eigenvalue weighted by molar-refractivity contribution is -0.0327. The number of carbonyl (C=O) groups is 1. The summed E-state index contributed by atoms with van der Waals surface area (Å²) in [6.45, 7) is 0.993. The summed E-state index contributed by atoms with van der Waals surface area (Å²) in [5.41, 5.74) is -3.81. The minimum atomic E-state index is -4.56. The van der Waals surface area contributed by atoms with Crippen molar-refractivity contribution < 1.29 is 27.1 Å². The molecular formula is C25H27F4N7O2S. The van der Waals surface area contributed by atoms with Crippen LogP contribution in [-0.4, -0.2) is 84.0 Å². The van der Waals surface area contributed by atoms with Crippen LogP contribution in [0.25, 0.3) is 5.52 Å². The topological polar surface area (TPSA) is 95.8 Å². The molecule has 0 spiro atoms. The lowest BCUT2D eigenvalue weighted by Gasteiger charge is -2.33. The van der Waals surface area contributed by atoms with Crippen molar-refractivity contribution in [2.24, 2.45) is 0 Å². The molecule has 1 saturated heterocycles. The molecule has 1 aliphatic rings. The van der Waals surface area contributed by atoms with E-state index in [9.17, 15) is 22.4 Å². The number of pyridine rings is 2. The normalized spacial score (nSPS) is 17.8. The van der Waals surface area contributed by atoms with Crippen molar-refractivity contribution in [3.05, 3.63) is 41.9 Å². The highest BCUT2D eigenvalue weighted by Gasteiger charge is 2.33. The molecule has 0 aliphatic carbocycles. The number of likely N-dealkylation sites (tertiary alicyclic amines) is 1. The minimum absolute atomic E-state index is 0.0333. The van der Waals surface area contributed by atoms with Crippen molar-refractivity contribution in [3.63, 3.8) is 0 Å². The van der Waals surface area contributed by atoms with Crippen molar-refractivity contribution in [2.45, 2.75) is 29.0 Å². The van der Waals surface area contributed by atoms with Crippen LogP contribution in [0.15, 0.2) is 35.4 Å². The predicted molar refractivity (Wildman–Crippen MR) is 141 cm³/mol. The molecular weight excluding hydrogens is 538 g/mol. The first-order chi connectivity index (χ1) is 18.6. The third-order valence-electron chi connectivity index (χ3n) is 6.03. The molecule has 3 aromatic heterocycles. The number of carbonyl (C=O) groups excluding carboxylic acids is 1. The average Bonchev–Trinajstić information content (AvgIpc) is 3.24. The molecule has 1 fully saturated rings. The van der Waals surface area contributed by atoms with Gasteiger partial charge in [-0.05, 0) is 43.3 Å². The summed E-state index contributed by atoms with van der Waals surface area (Å²) in [6.07, 6.45) is 0.807. The molecule has 1 amide bonds. The van der Waals surface area contributed by atoms with Gasteiger partial charge in [0.15, 0.2) is 0 Å². The van der Waals surface area contributed by atoms with E-state index in [4.69, 9.17) is 4.74 Å². The largest absolute Gasteiger partial charge is 0.494 e. The first-order valence-corrected chi connectivity index (χ1v) is 12.8. The molecule has 0 saturated carbocycles. The molecule has 3 N–H and O–H groups in total. The highest BCUT2D eigenvalue weighted by molar-refractivity contribution is 8.00. The van der Waals surface area contributed by atoms with Gasteiger partial charge in [-0.2, -0.15) is 18.3 Å². The van der Waals surface area contributed by atoms with E-state index in [1.54, 1.807) is 12.1 Å². The fourth-order valence-electron chi connectivity index (χ4n) is 4.12. The molecule has 208 valence electrons. The third-order valence-corrected chi connectivity index (χ3v) is 6.87. The Labute approximate surface area is 226 Å². The number of anilines is 2. The number of hydrogen-bond donors (Lipinski definition) is 3. The third kappa shape index (κ3) is 6.85. The van der Waals surface area contributed by atoms with E-state index in [-0.39, 0.29) is 52.6 Å². The van der Waals surface area contributed by atoms with Crippen molar-refractivity contribution in [2.75, 3.05) is 51.5 Å². The second-order valence-corrected chi connectivity index (χ2v) is 9.83. The molecule has 1 aliphatic heterocycles. The van der Waals surface area contributed by atoms with Crippen LogP contribution < -0.4 is 20.7 Å². The van der Waals surface area contributed by atoms with Gasteiger partial charge < -0.3 is 25.6 Å². The van der Waals surface area contributed by atoms with Crippen LogP contribution in [0.5, 0.6) is 5.75 Å². The number of rotatable bonds is 7. The Bertz CT molecular complexity index is 1400. The Morgan fingerprint density at radius 2 is 2.13 bits per heavy atom. The summed E-state index contributed by atoms with van der Waals surface area (Å²) >= 11 is -0.297. The molecule has 9 nitrogen and oxygen atoms in total. The maximum atomic E-state index is 14.6. The van der Waals surface area contributed by atoms with Crippen molar-refractivity contribution >= 4 is 34.7 Å². The maximum absolute atomic E-state index is 14.6. The SMILES string of the molecule is CNC(=O)c1cc(OC)c(NCC#Cc2nn3c(N[C@@H]4CCN(C)C[C@@H]4F)cccc3c2SC(F)(F)F)cn1. The first kappa shape index (κ1) is 28.3. The van der Waals surface area contributed by atoms with Crippen molar-refractivity contribution in [1.82, 2.24) is 24.8 Å². The standard InChI is InChI=1S/C25H27F4N7O2S/c1-30-24(37)18-12-21(38-3)19(13-32-18)31-10-5-6-17-23(39-25(27,28)29)20-7-4-8-22(36(20)34-17)33-16-9-11-35(2)14-15(16)26/h4,7-8,12-13,15-16,31,33H,9-11,14H2,1-3H3,(H,30,37)/t15-,16+/m0/s1. The van der Waals surface area contributed by atoms with Crippen LogP contribution in [0.2, 0.25) is 0 Å². The number of methoxy groups -OCH3 is 1. The van der Waals surface area contributed by atoms with Crippen LogP contribution in [0.1, 0.15) is 22.6 Å². The van der Waals surface area contributed by atoms with Gasteiger partial charge >= 0.3 is 5.51 Å². The number of hydrogen-bond acceptors (Lipinski definition) is 8. The Morgan fingerprint density at radius 3 is 2.82 bits per heavy atom. The van der Waals surface area contributed by atoms with Gasteiger partial charge in [0.05, 0.1) is 42.0 Å². The highest BCUT2D eigenvalue weighted by Crippen LogP contribution is 2.41. The van der Waals surface area contributed by atoms with Crippen molar-refractivity contribution in [1.29, 1.82) is 0 Å². The van der Waals surface area contributed by atoms with Crippen LogP contribution in [0.3, 0.4) is 0 Å². The van der Waals surface area contributed by atoms with Gasteiger partial charge in [0.25, 0.3) is 5.91 Å². The molecule has 2 atom stereocenters. The maximum Gasteiger partial charge on any atom is 0.446 e. The molecule has 0 aromatic carbocycles.